The third-order valence-corrected chi connectivity index (χ3v) is 2.61. The van der Waals surface area contributed by atoms with Gasteiger partial charge in [0.05, 0.1) is 11.3 Å². The summed E-state index contributed by atoms with van der Waals surface area (Å²) in [5, 5.41) is 2.54. The Balaban J connectivity index is 2.25. The minimum Gasteiger partial charge on any atom is -0.318 e. The van der Waals surface area contributed by atoms with Gasteiger partial charge < -0.3 is 5.32 Å². The Labute approximate surface area is 99.0 Å². The van der Waals surface area contributed by atoms with Crippen molar-refractivity contribution in [2.75, 3.05) is 11.1 Å². The SMILES string of the molecule is O=C1Nc2cc(C=CCCS)ccc2C1=O. The highest BCUT2D eigenvalue weighted by Crippen LogP contribution is 2.24. The fourth-order valence-corrected chi connectivity index (χ4v) is 1.71. The summed E-state index contributed by atoms with van der Waals surface area (Å²) >= 11 is 4.10. The molecule has 0 radical (unpaired) electrons. The van der Waals surface area contributed by atoms with Crippen LogP contribution in [0, 0.1) is 0 Å². The monoisotopic (exact) mass is 233 g/mol. The third kappa shape index (κ3) is 2.02. The number of nitrogens with one attached hydrogen (secondary N) is 1. The zero-order chi connectivity index (χ0) is 11.5. The van der Waals surface area contributed by atoms with Gasteiger partial charge >= 0.3 is 0 Å². The van der Waals surface area contributed by atoms with Gasteiger partial charge in [0.25, 0.3) is 11.7 Å². The highest BCUT2D eigenvalue weighted by Gasteiger charge is 2.27. The van der Waals surface area contributed by atoms with E-state index in [0.717, 1.165) is 17.7 Å². The molecule has 2 rings (SSSR count). The Bertz CT molecular complexity index is 480. The van der Waals surface area contributed by atoms with Crippen LogP contribution in [0.2, 0.25) is 0 Å². The molecule has 1 amide bonds. The van der Waals surface area contributed by atoms with E-state index in [9.17, 15) is 9.59 Å². The molecule has 0 saturated carbocycles. The minimum absolute atomic E-state index is 0.455. The van der Waals surface area contributed by atoms with Gasteiger partial charge in [-0.3, -0.25) is 9.59 Å². The van der Waals surface area contributed by atoms with Crippen molar-refractivity contribution in [2.45, 2.75) is 6.42 Å². The number of amides is 1. The summed E-state index contributed by atoms with van der Waals surface area (Å²) in [5.74, 6) is -0.205. The second-order valence-electron chi connectivity index (χ2n) is 3.50. The molecule has 0 aromatic heterocycles. The summed E-state index contributed by atoms with van der Waals surface area (Å²) in [6, 6.07) is 5.30. The van der Waals surface area contributed by atoms with E-state index >= 15 is 0 Å². The average molecular weight is 233 g/mol. The van der Waals surface area contributed by atoms with E-state index in [1.54, 1.807) is 12.1 Å². The molecule has 0 unspecified atom stereocenters. The molecule has 0 fully saturated rings. The standard InChI is InChI=1S/C12H11NO2S/c14-11-9-5-4-8(3-1-2-6-16)7-10(9)13-12(11)15/h1,3-5,7,16H,2,6H2,(H,13,14,15). The molecule has 0 atom stereocenters. The van der Waals surface area contributed by atoms with E-state index in [1.807, 2.05) is 18.2 Å². The van der Waals surface area contributed by atoms with E-state index in [2.05, 4.69) is 17.9 Å². The predicted molar refractivity (Wildman–Crippen MR) is 66.9 cm³/mol. The Morgan fingerprint density at radius 3 is 2.88 bits per heavy atom. The van der Waals surface area contributed by atoms with Gasteiger partial charge in [-0.15, -0.1) is 0 Å². The molecule has 0 aliphatic carbocycles. The number of anilines is 1. The molecule has 1 N–H and O–H groups in total. The Morgan fingerprint density at radius 2 is 2.12 bits per heavy atom. The molecule has 4 heteroatoms. The summed E-state index contributed by atoms with van der Waals surface area (Å²) in [4.78, 5) is 22.4. The number of fused-ring (bicyclic) bond motifs is 1. The normalized spacial score (nSPS) is 14.3. The zero-order valence-electron chi connectivity index (χ0n) is 8.56. The van der Waals surface area contributed by atoms with Crippen LogP contribution in [0.15, 0.2) is 24.3 Å². The van der Waals surface area contributed by atoms with E-state index in [0.29, 0.717) is 11.3 Å². The molecule has 0 bridgehead atoms. The predicted octanol–water partition coefficient (Wildman–Crippen LogP) is 2.15. The first-order valence-corrected chi connectivity index (χ1v) is 5.63. The van der Waals surface area contributed by atoms with Crippen molar-refractivity contribution < 1.29 is 9.59 Å². The van der Waals surface area contributed by atoms with Crippen molar-refractivity contribution in [3.8, 4) is 0 Å². The first-order chi connectivity index (χ1) is 7.72. The lowest BCUT2D eigenvalue weighted by Gasteiger charge is -1.98. The van der Waals surface area contributed by atoms with E-state index in [4.69, 9.17) is 0 Å². The lowest BCUT2D eigenvalue weighted by molar-refractivity contribution is -0.112. The number of benzene rings is 1. The summed E-state index contributed by atoms with van der Waals surface area (Å²) < 4.78 is 0. The number of allylic oxidation sites excluding steroid dienone is 1. The second-order valence-corrected chi connectivity index (χ2v) is 3.95. The number of Topliss-reactive ketones (excluding diaryl/α,β-unsaturated/α-hetero) is 1. The zero-order valence-corrected chi connectivity index (χ0v) is 9.46. The van der Waals surface area contributed by atoms with Crippen molar-refractivity contribution in [3.05, 3.63) is 35.4 Å². The van der Waals surface area contributed by atoms with Crippen molar-refractivity contribution >= 4 is 36.1 Å². The van der Waals surface area contributed by atoms with Crippen LogP contribution in [-0.2, 0) is 4.79 Å². The van der Waals surface area contributed by atoms with Crippen LogP contribution in [-0.4, -0.2) is 17.4 Å². The van der Waals surface area contributed by atoms with Crippen LogP contribution in [0.1, 0.15) is 22.3 Å². The molecule has 0 spiro atoms. The van der Waals surface area contributed by atoms with E-state index in [-0.39, 0.29) is 0 Å². The van der Waals surface area contributed by atoms with Gasteiger partial charge in [0.2, 0.25) is 0 Å². The van der Waals surface area contributed by atoms with Crippen molar-refractivity contribution in [2.24, 2.45) is 0 Å². The molecule has 82 valence electrons. The van der Waals surface area contributed by atoms with Crippen molar-refractivity contribution in [1.29, 1.82) is 0 Å². The molecule has 0 saturated heterocycles. The summed E-state index contributed by atoms with van der Waals surface area (Å²) in [6.45, 7) is 0. The van der Waals surface area contributed by atoms with Gasteiger partial charge in [-0.05, 0) is 29.9 Å². The van der Waals surface area contributed by atoms with Crippen LogP contribution in [0.4, 0.5) is 5.69 Å². The largest absolute Gasteiger partial charge is 0.318 e. The smallest absolute Gasteiger partial charge is 0.296 e. The molecule has 1 aliphatic heterocycles. The number of carbonyl (C=O) groups is 2. The summed E-state index contributed by atoms with van der Waals surface area (Å²) in [6.07, 6.45) is 4.85. The van der Waals surface area contributed by atoms with Crippen LogP contribution in [0.5, 0.6) is 0 Å². The number of carbonyl (C=O) groups excluding carboxylic acids is 2. The van der Waals surface area contributed by atoms with Crippen LogP contribution >= 0.6 is 12.6 Å². The number of hydrogen-bond donors (Lipinski definition) is 2. The molecule has 1 aromatic carbocycles. The third-order valence-electron chi connectivity index (χ3n) is 2.35. The van der Waals surface area contributed by atoms with Gasteiger partial charge in [-0.2, -0.15) is 12.6 Å². The van der Waals surface area contributed by atoms with E-state index < -0.39 is 11.7 Å². The maximum absolute atomic E-state index is 11.3. The molecular formula is C12H11NO2S. The Hall–Kier alpha value is -1.55. The Morgan fingerprint density at radius 1 is 1.31 bits per heavy atom. The number of ketones is 1. The lowest BCUT2D eigenvalue weighted by Crippen LogP contribution is -2.12. The van der Waals surface area contributed by atoms with Gasteiger partial charge in [0.1, 0.15) is 0 Å². The number of thiol groups is 1. The highest BCUT2D eigenvalue weighted by atomic mass is 32.1. The number of hydrogen-bond acceptors (Lipinski definition) is 3. The number of rotatable bonds is 3. The summed E-state index contributed by atoms with van der Waals surface area (Å²) in [7, 11) is 0. The fourth-order valence-electron chi connectivity index (χ4n) is 1.56. The fraction of sp³-hybridized carbons (Fsp3) is 0.167. The average Bonchev–Trinajstić information content (AvgIpc) is 2.55. The first kappa shape index (κ1) is 11.0. The topological polar surface area (TPSA) is 46.2 Å². The minimum atomic E-state index is -0.550. The first-order valence-electron chi connectivity index (χ1n) is 4.99. The van der Waals surface area contributed by atoms with E-state index in [1.165, 1.54) is 0 Å². The Kier molecular flexibility index (Phi) is 3.10. The maximum Gasteiger partial charge on any atom is 0.296 e. The highest BCUT2D eigenvalue weighted by molar-refractivity contribution is 7.80. The molecule has 16 heavy (non-hydrogen) atoms. The van der Waals surface area contributed by atoms with Crippen LogP contribution in [0.3, 0.4) is 0 Å². The lowest BCUT2D eigenvalue weighted by atomic mass is 10.1. The van der Waals surface area contributed by atoms with Gasteiger partial charge in [-0.25, -0.2) is 0 Å². The van der Waals surface area contributed by atoms with Crippen molar-refractivity contribution in [1.82, 2.24) is 0 Å². The maximum atomic E-state index is 11.3. The quantitative estimate of drug-likeness (QED) is 0.620. The molecule has 1 aliphatic rings. The van der Waals surface area contributed by atoms with Crippen molar-refractivity contribution in [3.63, 3.8) is 0 Å². The van der Waals surface area contributed by atoms with Crippen LogP contribution in [0.25, 0.3) is 6.08 Å². The molecule has 1 heterocycles. The second kappa shape index (κ2) is 4.53. The van der Waals surface area contributed by atoms with Gasteiger partial charge in [0.15, 0.2) is 0 Å². The molecule has 3 nitrogen and oxygen atoms in total. The summed E-state index contributed by atoms with van der Waals surface area (Å²) in [5.41, 5.74) is 2.02. The van der Waals surface area contributed by atoms with Gasteiger partial charge in [-0.1, -0.05) is 18.2 Å². The molecular weight excluding hydrogens is 222 g/mol. The van der Waals surface area contributed by atoms with Gasteiger partial charge in [0, 0.05) is 0 Å². The molecule has 1 aromatic rings. The van der Waals surface area contributed by atoms with Crippen LogP contribution < -0.4 is 5.32 Å².